The van der Waals surface area contributed by atoms with Gasteiger partial charge in [0.25, 0.3) is 5.91 Å². The predicted molar refractivity (Wildman–Crippen MR) is 107 cm³/mol. The Balaban J connectivity index is 2.65. The monoisotopic (exact) mass is 493 g/mol. The average molecular weight is 494 g/mol. The Bertz CT molecular complexity index is 813. The number of carbonyl (C=O) groups is 3. The van der Waals surface area contributed by atoms with E-state index in [-0.39, 0.29) is 18.0 Å². The molecule has 0 bridgehead atoms. The smallest absolute Gasteiger partial charge is 0.324 e. The van der Waals surface area contributed by atoms with Crippen molar-refractivity contribution in [1.82, 2.24) is 15.4 Å². The number of hydrogen-bond donors (Lipinski definition) is 3. The number of urea groups is 1. The number of benzene rings is 1. The molecular formula is C17H24BrN3O7S. The number of halogens is 1. The number of amides is 3. The van der Waals surface area contributed by atoms with E-state index in [4.69, 9.17) is 9.47 Å². The van der Waals surface area contributed by atoms with Crippen molar-refractivity contribution in [3.8, 4) is 0 Å². The van der Waals surface area contributed by atoms with Gasteiger partial charge in [0, 0.05) is 18.1 Å². The summed E-state index contributed by atoms with van der Waals surface area (Å²) in [5, 5.41) is 4.34. The molecule has 0 aliphatic heterocycles. The highest BCUT2D eigenvalue weighted by Gasteiger charge is 2.30. The van der Waals surface area contributed by atoms with Crippen molar-refractivity contribution in [2.24, 2.45) is 5.92 Å². The molecule has 0 saturated heterocycles. The normalized spacial score (nSPS) is 12.3. The van der Waals surface area contributed by atoms with Crippen molar-refractivity contribution in [3.05, 3.63) is 28.7 Å². The molecule has 0 aliphatic carbocycles. The molecule has 0 fully saturated rings. The number of sulfonamides is 1. The summed E-state index contributed by atoms with van der Waals surface area (Å²) in [5.41, 5.74) is 0. The zero-order valence-corrected chi connectivity index (χ0v) is 18.6. The van der Waals surface area contributed by atoms with Crippen molar-refractivity contribution in [2.45, 2.75) is 24.8 Å². The first-order valence-electron chi connectivity index (χ1n) is 8.58. The fraction of sp³-hybridized carbons (Fsp3) is 0.471. The lowest BCUT2D eigenvalue weighted by molar-refractivity contribution is -0.150. The summed E-state index contributed by atoms with van der Waals surface area (Å²) in [4.78, 5) is 35.4. The lowest BCUT2D eigenvalue weighted by Gasteiger charge is -2.20. The summed E-state index contributed by atoms with van der Waals surface area (Å²) in [7, 11) is -2.53. The molecule has 0 unspecified atom stereocenters. The third-order valence-corrected chi connectivity index (χ3v) is 5.50. The molecule has 3 amide bonds. The van der Waals surface area contributed by atoms with E-state index >= 15 is 0 Å². The van der Waals surface area contributed by atoms with E-state index in [1.807, 2.05) is 5.32 Å². The van der Waals surface area contributed by atoms with Crippen LogP contribution in [0.5, 0.6) is 0 Å². The molecule has 162 valence electrons. The third-order valence-electron chi connectivity index (χ3n) is 3.52. The van der Waals surface area contributed by atoms with Gasteiger partial charge in [0.15, 0.2) is 6.61 Å². The maximum atomic E-state index is 12.5. The Kier molecular flexibility index (Phi) is 10.2. The Hall–Kier alpha value is -2.02. The van der Waals surface area contributed by atoms with Crippen molar-refractivity contribution < 1.29 is 32.3 Å². The van der Waals surface area contributed by atoms with E-state index in [9.17, 15) is 22.8 Å². The molecule has 1 aromatic rings. The molecule has 0 radical (unpaired) electrons. The number of carbonyl (C=O) groups excluding carboxylic acids is 3. The van der Waals surface area contributed by atoms with Crippen LogP contribution in [0.1, 0.15) is 13.8 Å². The Labute approximate surface area is 177 Å². The highest BCUT2D eigenvalue weighted by atomic mass is 79.9. The van der Waals surface area contributed by atoms with Crippen LogP contribution >= 0.6 is 15.9 Å². The number of imide groups is 1. The molecule has 0 aromatic heterocycles. The number of rotatable bonds is 10. The minimum Gasteiger partial charge on any atom is -0.454 e. The first kappa shape index (κ1) is 25.0. The van der Waals surface area contributed by atoms with Gasteiger partial charge in [-0.3, -0.25) is 14.9 Å². The average Bonchev–Trinajstić information content (AvgIpc) is 2.64. The van der Waals surface area contributed by atoms with E-state index in [1.54, 1.807) is 26.0 Å². The maximum absolute atomic E-state index is 12.5. The van der Waals surface area contributed by atoms with Gasteiger partial charge in [-0.05, 0) is 30.2 Å². The van der Waals surface area contributed by atoms with Crippen molar-refractivity contribution in [3.63, 3.8) is 0 Å². The number of methoxy groups -OCH3 is 1. The largest absolute Gasteiger partial charge is 0.454 e. The predicted octanol–water partition coefficient (Wildman–Crippen LogP) is 0.767. The summed E-state index contributed by atoms with van der Waals surface area (Å²) in [6.45, 7) is 2.98. The molecule has 1 aromatic carbocycles. The Morgan fingerprint density at radius 2 is 1.76 bits per heavy atom. The van der Waals surface area contributed by atoms with Gasteiger partial charge < -0.3 is 14.8 Å². The summed E-state index contributed by atoms with van der Waals surface area (Å²) in [6.07, 6.45) is 0. The topological polar surface area (TPSA) is 140 Å². The van der Waals surface area contributed by atoms with Crippen LogP contribution in [-0.2, 0) is 29.1 Å². The van der Waals surface area contributed by atoms with Crippen LogP contribution in [0.4, 0.5) is 4.79 Å². The third kappa shape index (κ3) is 8.90. The summed E-state index contributed by atoms with van der Waals surface area (Å²) >= 11 is 3.22. The number of hydrogen-bond acceptors (Lipinski definition) is 7. The SMILES string of the molecule is COCCNC(=O)NC(=O)COC(=O)[C@@H](NS(=O)(=O)c1ccc(Br)cc1)C(C)C. The molecule has 3 N–H and O–H groups in total. The van der Waals surface area contributed by atoms with Crippen molar-refractivity contribution in [1.29, 1.82) is 0 Å². The second kappa shape index (κ2) is 11.9. The number of nitrogens with one attached hydrogen (secondary N) is 3. The molecule has 0 heterocycles. The second-order valence-electron chi connectivity index (χ2n) is 6.20. The standard InChI is InChI=1S/C17H24BrN3O7S/c1-11(2)15(21-29(25,26)13-6-4-12(18)5-7-13)16(23)28-10-14(22)20-17(24)19-8-9-27-3/h4-7,11,15,21H,8-10H2,1-3H3,(H2,19,20,22,24)/t15-/m0/s1. The van der Waals surface area contributed by atoms with Gasteiger partial charge in [0.05, 0.1) is 11.5 Å². The Morgan fingerprint density at radius 1 is 1.14 bits per heavy atom. The van der Waals surface area contributed by atoms with Crippen LogP contribution in [0, 0.1) is 5.92 Å². The molecule has 1 atom stereocenters. The molecule has 10 nitrogen and oxygen atoms in total. The van der Waals surface area contributed by atoms with Crippen LogP contribution in [-0.4, -0.2) is 59.2 Å². The quantitative estimate of drug-likeness (QED) is 0.322. The summed E-state index contributed by atoms with van der Waals surface area (Å²) < 4.78 is 37.6. The van der Waals surface area contributed by atoms with Gasteiger partial charge >= 0.3 is 12.0 Å². The van der Waals surface area contributed by atoms with E-state index in [0.29, 0.717) is 4.47 Å². The fourth-order valence-electron chi connectivity index (χ4n) is 2.01. The fourth-order valence-corrected chi connectivity index (χ4v) is 3.60. The van der Waals surface area contributed by atoms with Crippen LogP contribution in [0.2, 0.25) is 0 Å². The van der Waals surface area contributed by atoms with E-state index in [0.717, 1.165) is 0 Å². The lowest BCUT2D eigenvalue weighted by Crippen LogP contribution is -2.47. The molecule has 0 saturated carbocycles. The maximum Gasteiger partial charge on any atom is 0.324 e. The van der Waals surface area contributed by atoms with Crippen LogP contribution in [0.3, 0.4) is 0 Å². The molecule has 29 heavy (non-hydrogen) atoms. The van der Waals surface area contributed by atoms with Crippen molar-refractivity contribution in [2.75, 3.05) is 26.9 Å². The Morgan fingerprint density at radius 3 is 2.31 bits per heavy atom. The molecule has 0 aliphatic rings. The number of ether oxygens (including phenoxy) is 2. The summed E-state index contributed by atoms with van der Waals surface area (Å²) in [6, 6.07) is 3.89. The van der Waals surface area contributed by atoms with Gasteiger partial charge in [-0.2, -0.15) is 4.72 Å². The van der Waals surface area contributed by atoms with Crippen LogP contribution in [0.25, 0.3) is 0 Å². The van der Waals surface area contributed by atoms with Gasteiger partial charge in [-0.1, -0.05) is 29.8 Å². The molecular weight excluding hydrogens is 470 g/mol. The van der Waals surface area contributed by atoms with E-state index < -0.39 is 46.5 Å². The van der Waals surface area contributed by atoms with Crippen LogP contribution in [0.15, 0.2) is 33.6 Å². The molecule has 1 rings (SSSR count). The van der Waals surface area contributed by atoms with E-state index in [1.165, 1.54) is 19.2 Å². The summed E-state index contributed by atoms with van der Waals surface area (Å²) in [5.74, 6) is -2.24. The van der Waals surface area contributed by atoms with Gasteiger partial charge in [-0.15, -0.1) is 0 Å². The zero-order valence-electron chi connectivity index (χ0n) is 16.2. The molecule has 0 spiro atoms. The second-order valence-corrected chi connectivity index (χ2v) is 8.83. The van der Waals surface area contributed by atoms with E-state index in [2.05, 4.69) is 26.0 Å². The highest BCUT2D eigenvalue weighted by Crippen LogP contribution is 2.16. The first-order valence-corrected chi connectivity index (χ1v) is 10.9. The first-order chi connectivity index (χ1) is 13.6. The lowest BCUT2D eigenvalue weighted by atomic mass is 10.1. The minimum absolute atomic E-state index is 0.0235. The van der Waals surface area contributed by atoms with Gasteiger partial charge in [0.2, 0.25) is 10.0 Å². The molecule has 12 heteroatoms. The van der Waals surface area contributed by atoms with Gasteiger partial charge in [0.1, 0.15) is 6.04 Å². The highest BCUT2D eigenvalue weighted by molar-refractivity contribution is 9.10. The van der Waals surface area contributed by atoms with Crippen LogP contribution < -0.4 is 15.4 Å². The minimum atomic E-state index is -3.98. The van der Waals surface area contributed by atoms with Gasteiger partial charge in [-0.25, -0.2) is 13.2 Å². The number of esters is 1. The zero-order chi connectivity index (χ0) is 22.0. The van der Waals surface area contributed by atoms with Crippen molar-refractivity contribution >= 4 is 43.9 Å².